The summed E-state index contributed by atoms with van der Waals surface area (Å²) in [4.78, 5) is 31.9. The summed E-state index contributed by atoms with van der Waals surface area (Å²) in [6.07, 6.45) is 1.85. The van der Waals surface area contributed by atoms with Crippen molar-refractivity contribution in [3.63, 3.8) is 0 Å². The van der Waals surface area contributed by atoms with Crippen molar-refractivity contribution in [2.45, 2.75) is 26.8 Å². The predicted molar refractivity (Wildman–Crippen MR) is 144 cm³/mol. The van der Waals surface area contributed by atoms with Gasteiger partial charge in [0.2, 0.25) is 0 Å². The zero-order valence-electron chi connectivity index (χ0n) is 19.8. The molecule has 0 bridgehead atoms. The summed E-state index contributed by atoms with van der Waals surface area (Å²) in [6.45, 7) is 6.06. The van der Waals surface area contributed by atoms with Gasteiger partial charge in [-0.1, -0.05) is 29.5 Å². The first-order valence-corrected chi connectivity index (χ1v) is 13.0. The van der Waals surface area contributed by atoms with E-state index >= 15 is 0 Å². The maximum Gasteiger partial charge on any atom is 0.338 e. The van der Waals surface area contributed by atoms with Crippen LogP contribution >= 0.6 is 33.9 Å². The van der Waals surface area contributed by atoms with Gasteiger partial charge in [-0.05, 0) is 84.8 Å². The molecule has 0 aliphatic carbocycles. The van der Waals surface area contributed by atoms with Crippen LogP contribution in [0, 0.1) is 3.57 Å². The molecule has 0 N–H and O–H groups in total. The Morgan fingerprint density at radius 2 is 1.89 bits per heavy atom. The van der Waals surface area contributed by atoms with Crippen LogP contribution in [-0.4, -0.2) is 30.9 Å². The van der Waals surface area contributed by atoms with Crippen LogP contribution < -0.4 is 24.4 Å². The molecule has 2 heterocycles. The van der Waals surface area contributed by atoms with Crippen molar-refractivity contribution >= 4 is 46.0 Å². The van der Waals surface area contributed by atoms with Gasteiger partial charge in [-0.15, -0.1) is 0 Å². The topological polar surface area (TPSA) is 79.1 Å². The second-order valence-electron chi connectivity index (χ2n) is 7.70. The second-order valence-corrected chi connectivity index (χ2v) is 9.95. The van der Waals surface area contributed by atoms with Crippen LogP contribution in [0.4, 0.5) is 0 Å². The summed E-state index contributed by atoms with van der Waals surface area (Å²) in [5.41, 5.74) is 2.24. The average Bonchev–Trinajstić information content (AvgIpc) is 3.14. The van der Waals surface area contributed by atoms with E-state index in [2.05, 4.69) is 27.6 Å². The summed E-state index contributed by atoms with van der Waals surface area (Å²) < 4.78 is 19.8. The lowest BCUT2D eigenvalue weighted by atomic mass is 9.95. The number of aromatic nitrogens is 1. The fourth-order valence-electron chi connectivity index (χ4n) is 3.95. The number of rotatable bonds is 7. The summed E-state index contributed by atoms with van der Waals surface area (Å²) in [6, 6.07) is 12.6. The van der Waals surface area contributed by atoms with Gasteiger partial charge in [0.1, 0.15) is 0 Å². The summed E-state index contributed by atoms with van der Waals surface area (Å²) in [7, 11) is 1.57. The second kappa shape index (κ2) is 10.8. The third-order valence-electron chi connectivity index (χ3n) is 5.49. The first-order valence-electron chi connectivity index (χ1n) is 11.1. The minimum absolute atomic E-state index is 0.215. The Hall–Kier alpha value is -2.92. The van der Waals surface area contributed by atoms with Crippen molar-refractivity contribution < 1.29 is 19.0 Å². The van der Waals surface area contributed by atoms with E-state index in [0.717, 1.165) is 9.13 Å². The number of esters is 1. The molecule has 9 heteroatoms. The number of benzene rings is 2. The van der Waals surface area contributed by atoms with Crippen molar-refractivity contribution in [1.29, 1.82) is 0 Å². The number of methoxy groups -OCH3 is 1. The van der Waals surface area contributed by atoms with Crippen LogP contribution in [0.1, 0.15) is 37.9 Å². The highest BCUT2D eigenvalue weighted by Gasteiger charge is 2.33. The zero-order valence-corrected chi connectivity index (χ0v) is 22.8. The summed E-state index contributed by atoms with van der Waals surface area (Å²) >= 11 is 3.54. The molecule has 2 aromatic carbocycles. The van der Waals surface area contributed by atoms with Crippen LogP contribution in [0.3, 0.4) is 0 Å². The molecule has 35 heavy (non-hydrogen) atoms. The number of carbonyl (C=O) groups excluding carboxylic acids is 1. The van der Waals surface area contributed by atoms with Crippen molar-refractivity contribution in [2.75, 3.05) is 20.3 Å². The molecule has 0 fully saturated rings. The van der Waals surface area contributed by atoms with Crippen LogP contribution in [0.5, 0.6) is 11.5 Å². The Kier molecular flexibility index (Phi) is 7.75. The molecule has 182 valence electrons. The van der Waals surface area contributed by atoms with E-state index in [9.17, 15) is 9.59 Å². The highest BCUT2D eigenvalue weighted by atomic mass is 127. The van der Waals surface area contributed by atoms with E-state index in [1.54, 1.807) is 37.7 Å². The smallest absolute Gasteiger partial charge is 0.338 e. The fraction of sp³-hybridized carbons (Fsp3) is 0.269. The molecule has 1 aliphatic rings. The quantitative estimate of drug-likeness (QED) is 0.303. The third kappa shape index (κ3) is 5.06. The van der Waals surface area contributed by atoms with Crippen LogP contribution in [-0.2, 0) is 9.53 Å². The Bertz CT molecular complexity index is 1470. The molecule has 0 saturated carbocycles. The summed E-state index contributed by atoms with van der Waals surface area (Å²) in [5.74, 6) is 0.603. The molecule has 0 amide bonds. The van der Waals surface area contributed by atoms with Crippen molar-refractivity contribution in [3.8, 4) is 11.5 Å². The van der Waals surface area contributed by atoms with Crippen LogP contribution in [0.25, 0.3) is 6.08 Å². The Balaban J connectivity index is 1.96. The fourth-order valence-corrected chi connectivity index (χ4v) is 5.36. The van der Waals surface area contributed by atoms with Crippen molar-refractivity contribution in [2.24, 2.45) is 4.99 Å². The van der Waals surface area contributed by atoms with Crippen LogP contribution in [0.2, 0.25) is 0 Å². The molecule has 3 aromatic rings. The maximum atomic E-state index is 13.7. The van der Waals surface area contributed by atoms with E-state index in [0.29, 0.717) is 44.3 Å². The molecule has 1 aliphatic heterocycles. The number of halogens is 1. The lowest BCUT2D eigenvalue weighted by Crippen LogP contribution is -2.40. The number of allylic oxidation sites excluding steroid dienone is 1. The molecular weight excluding hydrogens is 579 g/mol. The molecular formula is C26H25IN2O5S. The molecule has 1 atom stereocenters. The minimum atomic E-state index is -0.714. The lowest BCUT2D eigenvalue weighted by molar-refractivity contribution is -0.139. The van der Waals surface area contributed by atoms with Gasteiger partial charge >= 0.3 is 5.97 Å². The Morgan fingerprint density at radius 1 is 1.14 bits per heavy atom. The summed E-state index contributed by atoms with van der Waals surface area (Å²) in [5, 5.41) is 0. The van der Waals surface area contributed by atoms with Crippen molar-refractivity contribution in [1.82, 2.24) is 4.57 Å². The molecule has 7 nitrogen and oxygen atoms in total. The number of hydrogen-bond donors (Lipinski definition) is 0. The van der Waals surface area contributed by atoms with Gasteiger partial charge < -0.3 is 14.2 Å². The van der Waals surface area contributed by atoms with Gasteiger partial charge in [0.05, 0.1) is 42.2 Å². The van der Waals surface area contributed by atoms with Gasteiger partial charge in [-0.2, -0.15) is 0 Å². The number of nitrogens with zero attached hydrogens (tertiary/aromatic N) is 2. The molecule has 0 saturated heterocycles. The minimum Gasteiger partial charge on any atom is -0.493 e. The largest absolute Gasteiger partial charge is 0.493 e. The molecule has 0 unspecified atom stereocenters. The standard InChI is InChI=1S/C26H25IN2O5S/c1-5-33-20-14-17(9-12-19(20)32-4)23-22(25(31)34-6-2)15(3)28-26-29(23)24(30)21(35-26)13-16-7-10-18(27)11-8-16/h7-14,23H,5-6H2,1-4H3/b21-13-/t23-/m1/s1. The zero-order chi connectivity index (χ0) is 25.1. The Labute approximate surface area is 220 Å². The third-order valence-corrected chi connectivity index (χ3v) is 7.19. The normalized spacial score (nSPS) is 15.5. The van der Waals surface area contributed by atoms with Gasteiger partial charge in [0, 0.05) is 3.57 Å². The van der Waals surface area contributed by atoms with Crippen LogP contribution in [0.15, 0.2) is 63.5 Å². The predicted octanol–water partition coefficient (Wildman–Crippen LogP) is 3.81. The van der Waals surface area contributed by atoms with E-state index in [1.807, 2.05) is 43.3 Å². The van der Waals surface area contributed by atoms with Crippen molar-refractivity contribution in [3.05, 3.63) is 88.1 Å². The number of thiazole rings is 1. The number of hydrogen-bond acceptors (Lipinski definition) is 7. The first kappa shape index (κ1) is 25.2. The molecule has 0 spiro atoms. The van der Waals surface area contributed by atoms with Gasteiger partial charge in [-0.25, -0.2) is 9.79 Å². The molecule has 0 radical (unpaired) electrons. The van der Waals surface area contributed by atoms with E-state index < -0.39 is 12.0 Å². The highest BCUT2D eigenvalue weighted by molar-refractivity contribution is 14.1. The Morgan fingerprint density at radius 3 is 2.54 bits per heavy atom. The maximum absolute atomic E-state index is 13.7. The molecule has 1 aromatic heterocycles. The number of fused-ring (bicyclic) bond motifs is 1. The molecule has 4 rings (SSSR count). The van der Waals surface area contributed by atoms with E-state index in [-0.39, 0.29) is 12.2 Å². The number of ether oxygens (including phenoxy) is 3. The van der Waals surface area contributed by atoms with E-state index in [4.69, 9.17) is 14.2 Å². The van der Waals surface area contributed by atoms with E-state index in [1.165, 1.54) is 11.3 Å². The van der Waals surface area contributed by atoms with Gasteiger partial charge in [0.25, 0.3) is 5.56 Å². The SMILES string of the molecule is CCOC(=O)C1=C(C)N=c2s/c(=C\c3ccc(I)cc3)c(=O)n2[C@@H]1c1ccc(OC)c(OCC)c1. The lowest BCUT2D eigenvalue weighted by Gasteiger charge is -2.25. The highest BCUT2D eigenvalue weighted by Crippen LogP contribution is 2.36. The monoisotopic (exact) mass is 604 g/mol. The van der Waals surface area contributed by atoms with Gasteiger partial charge in [0.15, 0.2) is 16.3 Å². The van der Waals surface area contributed by atoms with Gasteiger partial charge in [-0.3, -0.25) is 9.36 Å². The first-order chi connectivity index (χ1) is 16.9. The average molecular weight is 604 g/mol. The number of carbonyl (C=O) groups is 1.